The first kappa shape index (κ1) is 15.3. The summed E-state index contributed by atoms with van der Waals surface area (Å²) < 4.78 is 0. The SMILES string of the molecule is CC1(C(=O)NCC2CNC2)CCCc2ccccc21.Cl. The largest absolute Gasteiger partial charge is 0.355 e. The molecule has 2 N–H and O–H groups in total. The van der Waals surface area contributed by atoms with Crippen LogP contribution in [0, 0.1) is 5.92 Å². The number of benzene rings is 1. The van der Waals surface area contributed by atoms with E-state index in [4.69, 9.17) is 0 Å². The van der Waals surface area contributed by atoms with Gasteiger partial charge in [0.15, 0.2) is 0 Å². The highest BCUT2D eigenvalue weighted by Crippen LogP contribution is 2.37. The third-order valence-electron chi connectivity index (χ3n) is 4.65. The van der Waals surface area contributed by atoms with Gasteiger partial charge < -0.3 is 10.6 Å². The molecule has 1 aliphatic carbocycles. The van der Waals surface area contributed by atoms with E-state index >= 15 is 0 Å². The fourth-order valence-corrected chi connectivity index (χ4v) is 3.20. The lowest BCUT2D eigenvalue weighted by Crippen LogP contribution is -2.51. The smallest absolute Gasteiger partial charge is 0.230 e. The topological polar surface area (TPSA) is 41.1 Å². The molecule has 1 aromatic rings. The third-order valence-corrected chi connectivity index (χ3v) is 4.65. The van der Waals surface area contributed by atoms with Gasteiger partial charge in [-0.3, -0.25) is 4.79 Å². The van der Waals surface area contributed by atoms with Gasteiger partial charge in [-0.2, -0.15) is 0 Å². The molecule has 0 saturated carbocycles. The van der Waals surface area contributed by atoms with E-state index < -0.39 is 0 Å². The molecular weight excluding hydrogens is 272 g/mol. The number of fused-ring (bicyclic) bond motifs is 1. The second kappa shape index (κ2) is 6.15. The van der Waals surface area contributed by atoms with Crippen LogP contribution >= 0.6 is 12.4 Å². The van der Waals surface area contributed by atoms with Gasteiger partial charge in [0.1, 0.15) is 0 Å². The second-order valence-electron chi connectivity index (χ2n) is 6.08. The second-order valence-corrected chi connectivity index (χ2v) is 6.08. The molecule has 1 aromatic carbocycles. The lowest BCUT2D eigenvalue weighted by atomic mass is 9.70. The van der Waals surface area contributed by atoms with Gasteiger partial charge >= 0.3 is 0 Å². The van der Waals surface area contributed by atoms with Crippen molar-refractivity contribution in [3.63, 3.8) is 0 Å². The van der Waals surface area contributed by atoms with Gasteiger partial charge in [-0.15, -0.1) is 12.4 Å². The van der Waals surface area contributed by atoms with Crippen LogP contribution < -0.4 is 10.6 Å². The summed E-state index contributed by atoms with van der Waals surface area (Å²) >= 11 is 0. The molecule has 1 saturated heterocycles. The summed E-state index contributed by atoms with van der Waals surface area (Å²) in [5, 5.41) is 6.40. The predicted molar refractivity (Wildman–Crippen MR) is 83.3 cm³/mol. The zero-order valence-electron chi connectivity index (χ0n) is 11.9. The number of hydrogen-bond donors (Lipinski definition) is 2. The molecule has 0 spiro atoms. The Hall–Kier alpha value is -1.06. The molecule has 3 nitrogen and oxygen atoms in total. The number of halogens is 1. The minimum absolute atomic E-state index is 0. The van der Waals surface area contributed by atoms with Crippen LogP contribution in [-0.4, -0.2) is 25.5 Å². The van der Waals surface area contributed by atoms with Crippen molar-refractivity contribution in [2.24, 2.45) is 5.92 Å². The van der Waals surface area contributed by atoms with Crippen LogP contribution in [0.1, 0.15) is 30.9 Å². The molecule has 1 heterocycles. The van der Waals surface area contributed by atoms with Crippen molar-refractivity contribution in [3.05, 3.63) is 35.4 Å². The Morgan fingerprint density at radius 3 is 2.85 bits per heavy atom. The Bertz CT molecular complexity index is 487. The summed E-state index contributed by atoms with van der Waals surface area (Å²) in [6.45, 7) is 4.98. The van der Waals surface area contributed by atoms with E-state index in [1.54, 1.807) is 0 Å². The zero-order valence-corrected chi connectivity index (χ0v) is 12.8. The van der Waals surface area contributed by atoms with Gasteiger partial charge in [0.25, 0.3) is 0 Å². The first-order valence-electron chi connectivity index (χ1n) is 7.27. The number of hydrogen-bond acceptors (Lipinski definition) is 2. The van der Waals surface area contributed by atoms with E-state index in [9.17, 15) is 4.79 Å². The van der Waals surface area contributed by atoms with Crippen molar-refractivity contribution < 1.29 is 4.79 Å². The molecule has 110 valence electrons. The maximum atomic E-state index is 12.6. The molecule has 4 heteroatoms. The summed E-state index contributed by atoms with van der Waals surface area (Å²) in [6, 6.07) is 8.41. The molecular formula is C16H23ClN2O. The van der Waals surface area contributed by atoms with Crippen LogP contribution in [0.4, 0.5) is 0 Å². The van der Waals surface area contributed by atoms with E-state index in [1.807, 2.05) is 6.07 Å². The maximum absolute atomic E-state index is 12.6. The standard InChI is InChI=1S/C16H22N2O.ClH/c1-16(15(19)18-11-12-9-17-10-12)8-4-6-13-5-2-3-7-14(13)16;/h2-3,5,7,12,17H,4,6,8-11H2,1H3,(H,18,19);1H. The molecule has 0 bridgehead atoms. The Balaban J connectivity index is 0.00000147. The number of aryl methyl sites for hydroxylation is 1. The molecule has 0 radical (unpaired) electrons. The molecule has 20 heavy (non-hydrogen) atoms. The van der Waals surface area contributed by atoms with Crippen molar-refractivity contribution in [3.8, 4) is 0 Å². The van der Waals surface area contributed by atoms with E-state index in [-0.39, 0.29) is 23.7 Å². The fourth-order valence-electron chi connectivity index (χ4n) is 3.20. The van der Waals surface area contributed by atoms with Crippen LogP contribution in [0.2, 0.25) is 0 Å². The van der Waals surface area contributed by atoms with Gasteiger partial charge in [-0.05, 0) is 37.3 Å². The van der Waals surface area contributed by atoms with Gasteiger partial charge in [0, 0.05) is 25.6 Å². The molecule has 1 unspecified atom stereocenters. The lowest BCUT2D eigenvalue weighted by molar-refractivity contribution is -0.127. The molecule has 2 aliphatic rings. The highest BCUT2D eigenvalue weighted by molar-refractivity contribution is 5.88. The Morgan fingerprint density at radius 2 is 2.15 bits per heavy atom. The van der Waals surface area contributed by atoms with E-state index in [0.29, 0.717) is 5.92 Å². The van der Waals surface area contributed by atoms with Gasteiger partial charge in [0.2, 0.25) is 5.91 Å². The predicted octanol–water partition coefficient (Wildman–Crippen LogP) is 2.04. The van der Waals surface area contributed by atoms with Crippen LogP contribution in [0.15, 0.2) is 24.3 Å². The van der Waals surface area contributed by atoms with Crippen LogP contribution in [0.3, 0.4) is 0 Å². The first-order valence-corrected chi connectivity index (χ1v) is 7.27. The minimum atomic E-state index is -0.341. The number of amides is 1. The quantitative estimate of drug-likeness (QED) is 0.896. The molecule has 3 rings (SSSR count). The van der Waals surface area contributed by atoms with E-state index in [0.717, 1.165) is 38.9 Å². The summed E-state index contributed by atoms with van der Waals surface area (Å²) in [5.41, 5.74) is 2.23. The third kappa shape index (κ3) is 2.70. The van der Waals surface area contributed by atoms with Crippen molar-refractivity contribution in [1.82, 2.24) is 10.6 Å². The molecule has 1 amide bonds. The van der Waals surface area contributed by atoms with Crippen molar-refractivity contribution in [2.75, 3.05) is 19.6 Å². The van der Waals surface area contributed by atoms with Crippen molar-refractivity contribution in [1.29, 1.82) is 0 Å². The van der Waals surface area contributed by atoms with Gasteiger partial charge in [0.05, 0.1) is 5.41 Å². The number of rotatable bonds is 3. The summed E-state index contributed by atoms with van der Waals surface area (Å²) in [7, 11) is 0. The van der Waals surface area contributed by atoms with Crippen LogP contribution in [0.25, 0.3) is 0 Å². The van der Waals surface area contributed by atoms with Crippen LogP contribution in [0.5, 0.6) is 0 Å². The Kier molecular flexibility index (Phi) is 4.71. The maximum Gasteiger partial charge on any atom is 0.230 e. The fraction of sp³-hybridized carbons (Fsp3) is 0.562. The van der Waals surface area contributed by atoms with E-state index in [1.165, 1.54) is 11.1 Å². The van der Waals surface area contributed by atoms with Gasteiger partial charge in [-0.25, -0.2) is 0 Å². The summed E-state index contributed by atoms with van der Waals surface area (Å²) in [6.07, 6.45) is 3.16. The van der Waals surface area contributed by atoms with E-state index in [2.05, 4.69) is 35.8 Å². The monoisotopic (exact) mass is 294 g/mol. The normalized spacial score (nSPS) is 25.1. The summed E-state index contributed by atoms with van der Waals surface area (Å²) in [5.74, 6) is 0.818. The van der Waals surface area contributed by atoms with Gasteiger partial charge in [-0.1, -0.05) is 24.3 Å². The number of nitrogens with one attached hydrogen (secondary N) is 2. The highest BCUT2D eigenvalue weighted by Gasteiger charge is 2.38. The first-order chi connectivity index (χ1) is 9.20. The Labute approximate surface area is 126 Å². The lowest BCUT2D eigenvalue weighted by Gasteiger charge is -2.36. The summed E-state index contributed by atoms with van der Waals surface area (Å²) in [4.78, 5) is 12.6. The Morgan fingerprint density at radius 1 is 1.40 bits per heavy atom. The number of carbonyl (C=O) groups is 1. The minimum Gasteiger partial charge on any atom is -0.355 e. The average Bonchev–Trinajstić information content (AvgIpc) is 2.37. The molecule has 0 aromatic heterocycles. The number of carbonyl (C=O) groups excluding carboxylic acids is 1. The van der Waals surface area contributed by atoms with Crippen LogP contribution in [-0.2, 0) is 16.6 Å². The zero-order chi connectivity index (χ0) is 13.3. The molecule has 1 aliphatic heterocycles. The average molecular weight is 295 g/mol. The van der Waals surface area contributed by atoms with Crippen molar-refractivity contribution >= 4 is 18.3 Å². The molecule has 1 atom stereocenters. The highest BCUT2D eigenvalue weighted by atomic mass is 35.5. The van der Waals surface area contributed by atoms with Crippen molar-refractivity contribution in [2.45, 2.75) is 31.6 Å². The molecule has 1 fully saturated rings.